The maximum atomic E-state index is 11.9. The minimum absolute atomic E-state index is 0.182. The van der Waals surface area contributed by atoms with Crippen molar-refractivity contribution in [1.82, 2.24) is 9.97 Å². The van der Waals surface area contributed by atoms with Crippen molar-refractivity contribution in [3.8, 4) is 0 Å². The van der Waals surface area contributed by atoms with Gasteiger partial charge < -0.3 is 4.74 Å². The van der Waals surface area contributed by atoms with Crippen LogP contribution in [0.5, 0.6) is 0 Å². The number of aromatic nitrogens is 2. The molecule has 1 saturated carbocycles. The highest BCUT2D eigenvalue weighted by Crippen LogP contribution is 2.41. The fourth-order valence-electron chi connectivity index (χ4n) is 3.59. The molecule has 1 aromatic heterocycles. The summed E-state index contributed by atoms with van der Waals surface area (Å²) in [7, 11) is 1.76. The van der Waals surface area contributed by atoms with Gasteiger partial charge in [0.25, 0.3) is 0 Å². The fraction of sp³-hybridized carbons (Fsp3) is 0.688. The van der Waals surface area contributed by atoms with Crippen LogP contribution in [-0.4, -0.2) is 22.9 Å². The number of fused-ring (bicyclic) bond motifs is 1. The molecular formula is C16H22N2O2. The minimum atomic E-state index is -0.354. The summed E-state index contributed by atoms with van der Waals surface area (Å²) in [6, 6.07) is 0. The summed E-state index contributed by atoms with van der Waals surface area (Å²) in [5.41, 5.74) is 1.28. The highest BCUT2D eigenvalue weighted by molar-refractivity contribution is 5.97. The van der Waals surface area contributed by atoms with Gasteiger partial charge in [-0.2, -0.15) is 0 Å². The second-order valence-corrected chi connectivity index (χ2v) is 6.23. The van der Waals surface area contributed by atoms with E-state index in [1.165, 1.54) is 6.42 Å². The molecule has 1 heterocycles. The lowest BCUT2D eigenvalue weighted by Crippen LogP contribution is -2.36. The fourth-order valence-corrected chi connectivity index (χ4v) is 3.59. The summed E-state index contributed by atoms with van der Waals surface area (Å²) in [6.45, 7) is 2.26. The largest absolute Gasteiger partial charge is 0.370 e. The monoisotopic (exact) mass is 274 g/mol. The second kappa shape index (κ2) is 5.24. The number of aryl methyl sites for hydroxylation is 1. The van der Waals surface area contributed by atoms with Crippen LogP contribution in [0, 0.1) is 5.92 Å². The molecule has 2 unspecified atom stereocenters. The Bertz CT molecular complexity index is 529. The van der Waals surface area contributed by atoms with E-state index in [1.807, 2.05) is 0 Å². The first-order valence-electron chi connectivity index (χ1n) is 7.59. The Morgan fingerprint density at radius 3 is 2.95 bits per heavy atom. The summed E-state index contributed by atoms with van der Waals surface area (Å²) in [4.78, 5) is 21.1. The molecule has 0 aliphatic heterocycles. The molecule has 0 radical (unpaired) electrons. The van der Waals surface area contributed by atoms with Crippen molar-refractivity contribution < 1.29 is 9.53 Å². The third kappa shape index (κ3) is 2.26. The number of Topliss-reactive ketones (excluding diaryl/α,β-unsaturated/α-hetero) is 1. The Morgan fingerprint density at radius 1 is 1.35 bits per heavy atom. The highest BCUT2D eigenvalue weighted by Gasteiger charge is 2.40. The van der Waals surface area contributed by atoms with E-state index in [0.717, 1.165) is 49.2 Å². The molecule has 0 N–H and O–H groups in total. The second-order valence-electron chi connectivity index (χ2n) is 6.23. The standard InChI is InChI=1S/C16H22N2O2/c1-11-5-4-8-16(9-11,20-2)15-17-10-12-13(18-15)6-3-7-14(12)19/h10-11H,3-9H2,1-2H3. The number of hydrogen-bond acceptors (Lipinski definition) is 4. The van der Waals surface area contributed by atoms with Gasteiger partial charge in [0.2, 0.25) is 0 Å². The van der Waals surface area contributed by atoms with Crippen LogP contribution in [0.4, 0.5) is 0 Å². The van der Waals surface area contributed by atoms with Crippen molar-refractivity contribution in [2.45, 2.75) is 57.5 Å². The number of carbonyl (C=O) groups excluding carboxylic acids is 1. The van der Waals surface area contributed by atoms with Gasteiger partial charge in [0, 0.05) is 19.7 Å². The summed E-state index contributed by atoms with van der Waals surface area (Å²) in [6.07, 6.45) is 8.46. The summed E-state index contributed by atoms with van der Waals surface area (Å²) in [5, 5.41) is 0. The number of rotatable bonds is 2. The molecule has 0 spiro atoms. The molecule has 4 heteroatoms. The molecule has 3 rings (SSSR count). The van der Waals surface area contributed by atoms with Crippen LogP contribution < -0.4 is 0 Å². The van der Waals surface area contributed by atoms with Crippen LogP contribution >= 0.6 is 0 Å². The van der Waals surface area contributed by atoms with E-state index in [1.54, 1.807) is 13.3 Å². The van der Waals surface area contributed by atoms with Crippen molar-refractivity contribution in [2.24, 2.45) is 5.92 Å². The maximum absolute atomic E-state index is 11.9. The van der Waals surface area contributed by atoms with Gasteiger partial charge in [-0.05, 0) is 38.0 Å². The molecule has 2 atom stereocenters. The predicted octanol–water partition coefficient (Wildman–Crippen LogP) is 3.05. The Hall–Kier alpha value is -1.29. The zero-order valence-corrected chi connectivity index (χ0v) is 12.3. The van der Waals surface area contributed by atoms with Gasteiger partial charge in [0.1, 0.15) is 5.60 Å². The van der Waals surface area contributed by atoms with E-state index < -0.39 is 0 Å². The molecule has 108 valence electrons. The highest BCUT2D eigenvalue weighted by atomic mass is 16.5. The van der Waals surface area contributed by atoms with Crippen molar-refractivity contribution in [3.63, 3.8) is 0 Å². The van der Waals surface area contributed by atoms with Gasteiger partial charge in [-0.1, -0.05) is 13.3 Å². The Morgan fingerprint density at radius 2 is 2.20 bits per heavy atom. The normalized spacial score (nSPS) is 30.1. The topological polar surface area (TPSA) is 52.1 Å². The quantitative estimate of drug-likeness (QED) is 0.831. The third-order valence-corrected chi connectivity index (χ3v) is 4.74. The van der Waals surface area contributed by atoms with Gasteiger partial charge in [-0.3, -0.25) is 4.79 Å². The number of nitrogens with zero attached hydrogens (tertiary/aromatic N) is 2. The van der Waals surface area contributed by atoms with Gasteiger partial charge in [0.05, 0.1) is 11.3 Å². The van der Waals surface area contributed by atoms with Crippen molar-refractivity contribution in [3.05, 3.63) is 23.3 Å². The average Bonchev–Trinajstić information content (AvgIpc) is 2.47. The number of ether oxygens (including phenoxy) is 1. The van der Waals surface area contributed by atoms with Gasteiger partial charge in [-0.15, -0.1) is 0 Å². The first-order valence-corrected chi connectivity index (χ1v) is 7.59. The van der Waals surface area contributed by atoms with E-state index in [-0.39, 0.29) is 11.4 Å². The molecule has 4 nitrogen and oxygen atoms in total. The Kier molecular flexibility index (Phi) is 3.59. The van der Waals surface area contributed by atoms with Crippen LogP contribution in [0.1, 0.15) is 67.3 Å². The van der Waals surface area contributed by atoms with Crippen molar-refractivity contribution in [2.75, 3.05) is 7.11 Å². The lowest BCUT2D eigenvalue weighted by Gasteiger charge is -2.37. The van der Waals surface area contributed by atoms with E-state index in [0.29, 0.717) is 12.3 Å². The molecule has 0 aromatic carbocycles. The first-order chi connectivity index (χ1) is 9.64. The van der Waals surface area contributed by atoms with E-state index in [4.69, 9.17) is 9.72 Å². The van der Waals surface area contributed by atoms with E-state index >= 15 is 0 Å². The summed E-state index contributed by atoms with van der Waals surface area (Å²) >= 11 is 0. The van der Waals surface area contributed by atoms with Gasteiger partial charge in [0.15, 0.2) is 11.6 Å². The van der Waals surface area contributed by atoms with Crippen LogP contribution in [0.3, 0.4) is 0 Å². The lowest BCUT2D eigenvalue weighted by molar-refractivity contribution is -0.0648. The van der Waals surface area contributed by atoms with Crippen molar-refractivity contribution in [1.29, 1.82) is 0 Å². The molecule has 0 amide bonds. The Balaban J connectivity index is 1.98. The molecule has 2 aliphatic rings. The number of ketones is 1. The smallest absolute Gasteiger partial charge is 0.166 e. The molecule has 1 aromatic rings. The van der Waals surface area contributed by atoms with Crippen LogP contribution in [-0.2, 0) is 16.8 Å². The summed E-state index contributed by atoms with van der Waals surface area (Å²) < 4.78 is 5.84. The number of methoxy groups -OCH3 is 1. The van der Waals surface area contributed by atoms with Crippen LogP contribution in [0.2, 0.25) is 0 Å². The molecule has 2 aliphatic carbocycles. The average molecular weight is 274 g/mol. The lowest BCUT2D eigenvalue weighted by atomic mass is 9.78. The molecule has 1 fully saturated rings. The Labute approximate surface area is 120 Å². The molecule has 20 heavy (non-hydrogen) atoms. The van der Waals surface area contributed by atoms with E-state index in [2.05, 4.69) is 11.9 Å². The van der Waals surface area contributed by atoms with Crippen LogP contribution in [0.15, 0.2) is 6.20 Å². The van der Waals surface area contributed by atoms with Gasteiger partial charge in [-0.25, -0.2) is 9.97 Å². The molecule has 0 bridgehead atoms. The molecular weight excluding hydrogens is 252 g/mol. The first kappa shape index (κ1) is 13.7. The van der Waals surface area contributed by atoms with Gasteiger partial charge >= 0.3 is 0 Å². The predicted molar refractivity (Wildman–Crippen MR) is 75.6 cm³/mol. The number of carbonyl (C=O) groups is 1. The number of hydrogen-bond donors (Lipinski definition) is 0. The van der Waals surface area contributed by atoms with Crippen molar-refractivity contribution >= 4 is 5.78 Å². The van der Waals surface area contributed by atoms with Crippen LogP contribution in [0.25, 0.3) is 0 Å². The SMILES string of the molecule is COC1(c2ncc3c(n2)CCCC3=O)CCCC(C)C1. The maximum Gasteiger partial charge on any atom is 0.166 e. The minimum Gasteiger partial charge on any atom is -0.370 e. The molecule has 0 saturated heterocycles. The third-order valence-electron chi connectivity index (χ3n) is 4.74. The zero-order valence-electron chi connectivity index (χ0n) is 12.3. The van der Waals surface area contributed by atoms with E-state index in [9.17, 15) is 4.79 Å². The summed E-state index contributed by atoms with van der Waals surface area (Å²) in [5.74, 6) is 1.59. The zero-order chi connectivity index (χ0) is 14.2.